The maximum atomic E-state index is 9.33. The SMILES string of the molecule is CC(Nc1nc(C#N)nc2c1ncn2C1CCCC1)c1ccccc1. The third kappa shape index (κ3) is 2.93. The Morgan fingerprint density at radius 2 is 1.96 bits per heavy atom. The topological polar surface area (TPSA) is 79.4 Å². The molecule has 2 heterocycles. The molecule has 1 aliphatic carbocycles. The van der Waals surface area contributed by atoms with Crippen molar-refractivity contribution >= 4 is 17.0 Å². The van der Waals surface area contributed by atoms with E-state index in [4.69, 9.17) is 0 Å². The van der Waals surface area contributed by atoms with Crippen LogP contribution in [0.4, 0.5) is 5.82 Å². The molecule has 0 bridgehead atoms. The van der Waals surface area contributed by atoms with E-state index >= 15 is 0 Å². The third-order valence-corrected chi connectivity index (χ3v) is 4.89. The van der Waals surface area contributed by atoms with Crippen molar-refractivity contribution in [1.82, 2.24) is 19.5 Å². The van der Waals surface area contributed by atoms with Crippen LogP contribution in [-0.4, -0.2) is 19.5 Å². The molecule has 6 nitrogen and oxygen atoms in total. The van der Waals surface area contributed by atoms with Crippen molar-refractivity contribution in [2.45, 2.75) is 44.7 Å². The van der Waals surface area contributed by atoms with Crippen molar-refractivity contribution in [2.75, 3.05) is 5.32 Å². The Labute approximate surface area is 146 Å². The van der Waals surface area contributed by atoms with E-state index in [2.05, 4.69) is 50.0 Å². The fraction of sp³-hybridized carbons (Fsp3) is 0.368. The highest BCUT2D eigenvalue weighted by atomic mass is 15.2. The van der Waals surface area contributed by atoms with Crippen LogP contribution in [-0.2, 0) is 0 Å². The largest absolute Gasteiger partial charge is 0.362 e. The lowest BCUT2D eigenvalue weighted by atomic mass is 10.1. The lowest BCUT2D eigenvalue weighted by Gasteiger charge is -2.16. The van der Waals surface area contributed by atoms with E-state index in [1.165, 1.54) is 12.8 Å². The van der Waals surface area contributed by atoms with Crippen molar-refractivity contribution in [1.29, 1.82) is 5.26 Å². The van der Waals surface area contributed by atoms with Crippen LogP contribution in [0.3, 0.4) is 0 Å². The summed E-state index contributed by atoms with van der Waals surface area (Å²) in [6.45, 7) is 2.07. The van der Waals surface area contributed by atoms with Gasteiger partial charge in [0.05, 0.1) is 12.4 Å². The molecule has 1 saturated carbocycles. The van der Waals surface area contributed by atoms with Gasteiger partial charge in [-0.2, -0.15) is 15.2 Å². The fourth-order valence-corrected chi connectivity index (χ4v) is 3.55. The molecule has 25 heavy (non-hydrogen) atoms. The summed E-state index contributed by atoms with van der Waals surface area (Å²) >= 11 is 0. The first-order valence-electron chi connectivity index (χ1n) is 8.72. The molecule has 1 unspecified atom stereocenters. The van der Waals surface area contributed by atoms with Gasteiger partial charge in [0, 0.05) is 6.04 Å². The molecule has 0 radical (unpaired) electrons. The van der Waals surface area contributed by atoms with E-state index in [9.17, 15) is 5.26 Å². The highest BCUT2D eigenvalue weighted by molar-refractivity contribution is 5.83. The lowest BCUT2D eigenvalue weighted by Crippen LogP contribution is -2.10. The summed E-state index contributed by atoms with van der Waals surface area (Å²) in [6, 6.07) is 12.7. The summed E-state index contributed by atoms with van der Waals surface area (Å²) in [4.78, 5) is 13.3. The molecule has 1 N–H and O–H groups in total. The van der Waals surface area contributed by atoms with Crippen LogP contribution in [0.5, 0.6) is 0 Å². The number of fused-ring (bicyclic) bond motifs is 1. The summed E-state index contributed by atoms with van der Waals surface area (Å²) in [6.07, 6.45) is 6.59. The van der Waals surface area contributed by atoms with E-state index in [1.807, 2.05) is 24.5 Å². The smallest absolute Gasteiger partial charge is 0.236 e. The Morgan fingerprint density at radius 1 is 1.20 bits per heavy atom. The second kappa shape index (κ2) is 6.52. The average Bonchev–Trinajstić information content (AvgIpc) is 3.31. The second-order valence-corrected chi connectivity index (χ2v) is 6.55. The van der Waals surface area contributed by atoms with Crippen molar-refractivity contribution < 1.29 is 0 Å². The zero-order valence-corrected chi connectivity index (χ0v) is 14.2. The van der Waals surface area contributed by atoms with Crippen molar-refractivity contribution in [3.05, 3.63) is 48.0 Å². The van der Waals surface area contributed by atoms with Crippen LogP contribution in [0.2, 0.25) is 0 Å². The summed E-state index contributed by atoms with van der Waals surface area (Å²) in [5.74, 6) is 0.796. The number of benzene rings is 1. The summed E-state index contributed by atoms with van der Waals surface area (Å²) in [5, 5.41) is 12.7. The number of hydrogen-bond acceptors (Lipinski definition) is 5. The summed E-state index contributed by atoms with van der Waals surface area (Å²) < 4.78 is 2.11. The van der Waals surface area contributed by atoms with Crippen LogP contribution in [0.1, 0.15) is 56.1 Å². The molecule has 2 aromatic heterocycles. The number of rotatable bonds is 4. The predicted molar refractivity (Wildman–Crippen MR) is 96.0 cm³/mol. The minimum atomic E-state index is 0.0578. The number of nitrogens with one attached hydrogen (secondary N) is 1. The molecule has 6 heteroatoms. The maximum absolute atomic E-state index is 9.33. The van der Waals surface area contributed by atoms with Gasteiger partial charge in [0.2, 0.25) is 5.82 Å². The normalized spacial score (nSPS) is 16.0. The standard InChI is InChI=1S/C19H20N6/c1-13(14-7-3-2-4-8-14)22-18-17-19(24-16(11-20)23-18)25(12-21-17)15-9-5-6-10-15/h2-4,7-8,12-13,15H,5-6,9-10H2,1H3,(H,22,23,24). The second-order valence-electron chi connectivity index (χ2n) is 6.55. The first-order valence-corrected chi connectivity index (χ1v) is 8.72. The van der Waals surface area contributed by atoms with Gasteiger partial charge in [0.1, 0.15) is 6.07 Å². The van der Waals surface area contributed by atoms with Crippen LogP contribution < -0.4 is 5.32 Å². The van der Waals surface area contributed by atoms with Gasteiger partial charge in [-0.1, -0.05) is 43.2 Å². The molecule has 126 valence electrons. The minimum Gasteiger partial charge on any atom is -0.362 e. The van der Waals surface area contributed by atoms with Gasteiger partial charge in [-0.15, -0.1) is 0 Å². The van der Waals surface area contributed by atoms with Crippen molar-refractivity contribution in [3.63, 3.8) is 0 Å². The minimum absolute atomic E-state index is 0.0578. The Balaban J connectivity index is 1.74. The van der Waals surface area contributed by atoms with Crippen LogP contribution in [0.15, 0.2) is 36.7 Å². The van der Waals surface area contributed by atoms with E-state index in [0.29, 0.717) is 11.9 Å². The number of hydrogen-bond donors (Lipinski definition) is 1. The van der Waals surface area contributed by atoms with E-state index in [0.717, 1.165) is 29.6 Å². The first kappa shape index (κ1) is 15.6. The molecule has 1 aromatic carbocycles. The molecule has 1 aliphatic rings. The van der Waals surface area contributed by atoms with Gasteiger partial charge in [-0.3, -0.25) is 0 Å². The fourth-order valence-electron chi connectivity index (χ4n) is 3.55. The average molecular weight is 332 g/mol. The Hall–Kier alpha value is -2.94. The van der Waals surface area contributed by atoms with Crippen LogP contribution in [0, 0.1) is 11.3 Å². The van der Waals surface area contributed by atoms with E-state index < -0.39 is 0 Å². The number of nitrogens with zero attached hydrogens (tertiary/aromatic N) is 5. The molecule has 3 aromatic rings. The number of imidazole rings is 1. The molecule has 0 saturated heterocycles. The van der Waals surface area contributed by atoms with Gasteiger partial charge in [-0.05, 0) is 25.3 Å². The van der Waals surface area contributed by atoms with Gasteiger partial charge < -0.3 is 9.88 Å². The third-order valence-electron chi connectivity index (χ3n) is 4.89. The number of nitriles is 1. The predicted octanol–water partition coefficient (Wildman–Crippen LogP) is 3.99. The van der Waals surface area contributed by atoms with Gasteiger partial charge in [-0.25, -0.2) is 4.98 Å². The van der Waals surface area contributed by atoms with Gasteiger partial charge in [0.25, 0.3) is 0 Å². The van der Waals surface area contributed by atoms with E-state index in [1.54, 1.807) is 0 Å². The molecular formula is C19H20N6. The maximum Gasteiger partial charge on any atom is 0.236 e. The van der Waals surface area contributed by atoms with Crippen molar-refractivity contribution in [3.8, 4) is 6.07 Å². The van der Waals surface area contributed by atoms with E-state index in [-0.39, 0.29) is 11.9 Å². The molecule has 0 amide bonds. The number of anilines is 1. The molecule has 1 atom stereocenters. The monoisotopic (exact) mass is 332 g/mol. The highest BCUT2D eigenvalue weighted by Gasteiger charge is 2.22. The zero-order valence-electron chi connectivity index (χ0n) is 14.2. The zero-order chi connectivity index (χ0) is 17.2. The van der Waals surface area contributed by atoms with Crippen molar-refractivity contribution in [2.24, 2.45) is 0 Å². The molecular weight excluding hydrogens is 312 g/mol. The number of aromatic nitrogens is 4. The summed E-state index contributed by atoms with van der Waals surface area (Å²) in [7, 11) is 0. The Morgan fingerprint density at radius 3 is 2.68 bits per heavy atom. The molecule has 0 aliphatic heterocycles. The highest BCUT2D eigenvalue weighted by Crippen LogP contribution is 2.33. The quantitative estimate of drug-likeness (QED) is 0.781. The van der Waals surface area contributed by atoms with Crippen LogP contribution >= 0.6 is 0 Å². The first-order chi connectivity index (χ1) is 12.3. The Kier molecular flexibility index (Phi) is 4.06. The molecule has 0 spiro atoms. The molecule has 4 rings (SSSR count). The Bertz CT molecular complexity index is 918. The lowest BCUT2D eigenvalue weighted by molar-refractivity contribution is 0.528. The van der Waals surface area contributed by atoms with Gasteiger partial charge in [0.15, 0.2) is 17.0 Å². The van der Waals surface area contributed by atoms with Crippen LogP contribution in [0.25, 0.3) is 11.2 Å². The van der Waals surface area contributed by atoms with Gasteiger partial charge >= 0.3 is 0 Å². The molecule has 1 fully saturated rings. The summed E-state index contributed by atoms with van der Waals surface area (Å²) in [5.41, 5.74) is 2.64.